The monoisotopic (exact) mass is 381 g/mol. The van der Waals surface area contributed by atoms with Gasteiger partial charge in [0.15, 0.2) is 0 Å². The van der Waals surface area contributed by atoms with E-state index in [-0.39, 0.29) is 18.0 Å². The van der Waals surface area contributed by atoms with Crippen molar-refractivity contribution in [1.82, 2.24) is 20.5 Å². The second-order valence-corrected chi connectivity index (χ2v) is 7.16. The molecular formula is C21H27N5O2. The van der Waals surface area contributed by atoms with E-state index < -0.39 is 0 Å². The number of urea groups is 1. The fourth-order valence-corrected chi connectivity index (χ4v) is 3.17. The summed E-state index contributed by atoms with van der Waals surface area (Å²) >= 11 is 0. The third kappa shape index (κ3) is 5.22. The van der Waals surface area contributed by atoms with E-state index in [0.717, 1.165) is 24.3 Å². The molecule has 1 aliphatic rings. The van der Waals surface area contributed by atoms with E-state index in [4.69, 9.17) is 0 Å². The molecule has 148 valence electrons. The zero-order chi connectivity index (χ0) is 19.9. The molecule has 0 saturated carbocycles. The summed E-state index contributed by atoms with van der Waals surface area (Å²) in [5.74, 6) is 0.0476. The minimum atomic E-state index is -0.192. The van der Waals surface area contributed by atoms with Crippen molar-refractivity contribution in [3.8, 4) is 0 Å². The molecule has 1 fully saturated rings. The third-order valence-electron chi connectivity index (χ3n) is 4.67. The Hall–Kier alpha value is -3.09. The molecule has 7 nitrogen and oxygen atoms in total. The summed E-state index contributed by atoms with van der Waals surface area (Å²) in [6.07, 6.45) is 3.57. The van der Waals surface area contributed by atoms with Crippen molar-refractivity contribution in [3.05, 3.63) is 59.9 Å². The zero-order valence-corrected chi connectivity index (χ0v) is 16.4. The van der Waals surface area contributed by atoms with Gasteiger partial charge in [-0.2, -0.15) is 0 Å². The molecule has 28 heavy (non-hydrogen) atoms. The SMILES string of the molecule is CC(C)NC(=O)NCc1ccc(C(=O)N2CCN(c3ccncc3)CC2)cc1. The molecule has 1 aliphatic heterocycles. The van der Waals surface area contributed by atoms with Crippen molar-refractivity contribution in [2.75, 3.05) is 31.1 Å². The standard InChI is InChI=1S/C21H27N5O2/c1-16(2)24-21(28)23-15-17-3-5-18(6-4-17)20(27)26-13-11-25(12-14-26)19-7-9-22-10-8-19/h3-10,16H,11-15H2,1-2H3,(H2,23,24,28). The van der Waals surface area contributed by atoms with Crippen LogP contribution in [0.5, 0.6) is 0 Å². The number of benzene rings is 1. The molecule has 3 amide bonds. The van der Waals surface area contributed by atoms with Crippen LogP contribution in [0.15, 0.2) is 48.8 Å². The van der Waals surface area contributed by atoms with Gasteiger partial charge in [-0.15, -0.1) is 0 Å². The number of anilines is 1. The lowest BCUT2D eigenvalue weighted by molar-refractivity contribution is 0.0746. The quantitative estimate of drug-likeness (QED) is 0.833. The number of piperazine rings is 1. The van der Waals surface area contributed by atoms with Crippen molar-refractivity contribution in [1.29, 1.82) is 0 Å². The molecule has 7 heteroatoms. The molecule has 0 aliphatic carbocycles. The Morgan fingerprint density at radius 2 is 1.64 bits per heavy atom. The second kappa shape index (κ2) is 9.21. The van der Waals surface area contributed by atoms with Gasteiger partial charge in [0.05, 0.1) is 0 Å². The summed E-state index contributed by atoms with van der Waals surface area (Å²) in [4.78, 5) is 32.6. The van der Waals surface area contributed by atoms with Gasteiger partial charge < -0.3 is 20.4 Å². The predicted molar refractivity (Wildman–Crippen MR) is 109 cm³/mol. The highest BCUT2D eigenvalue weighted by atomic mass is 16.2. The average Bonchev–Trinajstić information content (AvgIpc) is 2.72. The van der Waals surface area contributed by atoms with Crippen molar-refractivity contribution < 1.29 is 9.59 Å². The minimum absolute atomic E-state index is 0.0476. The van der Waals surface area contributed by atoms with Gasteiger partial charge in [-0.1, -0.05) is 12.1 Å². The van der Waals surface area contributed by atoms with Crippen LogP contribution >= 0.6 is 0 Å². The molecule has 0 atom stereocenters. The van der Waals surface area contributed by atoms with Gasteiger partial charge in [0, 0.05) is 62.4 Å². The van der Waals surface area contributed by atoms with Crippen molar-refractivity contribution >= 4 is 17.6 Å². The average molecular weight is 381 g/mol. The molecule has 0 bridgehead atoms. The van der Waals surface area contributed by atoms with E-state index in [2.05, 4.69) is 20.5 Å². The second-order valence-electron chi connectivity index (χ2n) is 7.16. The molecule has 0 radical (unpaired) electrons. The maximum Gasteiger partial charge on any atom is 0.315 e. The van der Waals surface area contributed by atoms with E-state index in [1.54, 1.807) is 12.4 Å². The summed E-state index contributed by atoms with van der Waals surface area (Å²) in [5.41, 5.74) is 2.77. The van der Waals surface area contributed by atoms with Gasteiger partial charge in [0.2, 0.25) is 0 Å². The van der Waals surface area contributed by atoms with Crippen LogP contribution < -0.4 is 15.5 Å². The van der Waals surface area contributed by atoms with Crippen molar-refractivity contribution in [2.24, 2.45) is 0 Å². The summed E-state index contributed by atoms with van der Waals surface area (Å²) in [7, 11) is 0. The van der Waals surface area contributed by atoms with Gasteiger partial charge in [-0.25, -0.2) is 4.79 Å². The predicted octanol–water partition coefficient (Wildman–Crippen LogP) is 2.25. The van der Waals surface area contributed by atoms with Gasteiger partial charge in [0.1, 0.15) is 0 Å². The summed E-state index contributed by atoms with van der Waals surface area (Å²) in [6.45, 7) is 7.26. The Bertz CT molecular complexity index is 784. The van der Waals surface area contributed by atoms with E-state index in [1.807, 2.05) is 55.1 Å². The van der Waals surface area contributed by atoms with E-state index in [1.165, 1.54) is 0 Å². The van der Waals surface area contributed by atoms with Crippen LogP contribution in [0.2, 0.25) is 0 Å². The van der Waals surface area contributed by atoms with Gasteiger partial charge in [0.25, 0.3) is 5.91 Å². The highest BCUT2D eigenvalue weighted by molar-refractivity contribution is 5.94. The summed E-state index contributed by atoms with van der Waals surface area (Å²) in [6, 6.07) is 11.3. The van der Waals surface area contributed by atoms with Crippen molar-refractivity contribution in [3.63, 3.8) is 0 Å². The third-order valence-corrected chi connectivity index (χ3v) is 4.67. The van der Waals surface area contributed by atoms with Crippen LogP contribution in [0.25, 0.3) is 0 Å². The first kappa shape index (κ1) is 19.7. The fourth-order valence-electron chi connectivity index (χ4n) is 3.17. The highest BCUT2D eigenvalue weighted by Crippen LogP contribution is 2.16. The van der Waals surface area contributed by atoms with E-state index in [9.17, 15) is 9.59 Å². The molecule has 2 heterocycles. The molecule has 1 aromatic heterocycles. The maximum absolute atomic E-state index is 12.8. The van der Waals surface area contributed by atoms with Crippen LogP contribution in [0.3, 0.4) is 0 Å². The van der Waals surface area contributed by atoms with Crippen LogP contribution in [0.4, 0.5) is 10.5 Å². The fraction of sp³-hybridized carbons (Fsp3) is 0.381. The number of rotatable bonds is 5. The molecule has 1 saturated heterocycles. The summed E-state index contributed by atoms with van der Waals surface area (Å²) in [5, 5.41) is 5.59. The Kier molecular flexibility index (Phi) is 6.47. The highest BCUT2D eigenvalue weighted by Gasteiger charge is 2.22. The smallest absolute Gasteiger partial charge is 0.315 e. The van der Waals surface area contributed by atoms with Crippen LogP contribution in [0.1, 0.15) is 29.8 Å². The van der Waals surface area contributed by atoms with Gasteiger partial charge >= 0.3 is 6.03 Å². The largest absolute Gasteiger partial charge is 0.368 e. The molecular weight excluding hydrogens is 354 g/mol. The molecule has 3 rings (SSSR count). The summed E-state index contributed by atoms with van der Waals surface area (Å²) < 4.78 is 0. The Morgan fingerprint density at radius 1 is 1.00 bits per heavy atom. The zero-order valence-electron chi connectivity index (χ0n) is 16.4. The van der Waals surface area contributed by atoms with Gasteiger partial charge in [-0.05, 0) is 43.7 Å². The number of hydrogen-bond donors (Lipinski definition) is 2. The van der Waals surface area contributed by atoms with Gasteiger partial charge in [-0.3, -0.25) is 9.78 Å². The molecule has 1 aromatic carbocycles. The Morgan fingerprint density at radius 3 is 2.25 bits per heavy atom. The number of hydrogen-bond acceptors (Lipinski definition) is 4. The van der Waals surface area contributed by atoms with Crippen LogP contribution in [-0.4, -0.2) is 54.0 Å². The number of pyridine rings is 1. The topological polar surface area (TPSA) is 77.6 Å². The Labute approximate surface area is 165 Å². The lowest BCUT2D eigenvalue weighted by Crippen LogP contribution is -2.48. The van der Waals surface area contributed by atoms with Crippen LogP contribution in [0, 0.1) is 0 Å². The van der Waals surface area contributed by atoms with Crippen molar-refractivity contribution in [2.45, 2.75) is 26.4 Å². The number of carbonyl (C=O) groups excluding carboxylic acids is 2. The number of carbonyl (C=O) groups is 2. The lowest BCUT2D eigenvalue weighted by Gasteiger charge is -2.36. The maximum atomic E-state index is 12.8. The Balaban J connectivity index is 1.50. The normalized spacial score (nSPS) is 14.1. The van der Waals surface area contributed by atoms with E-state index >= 15 is 0 Å². The molecule has 0 unspecified atom stereocenters. The molecule has 0 spiro atoms. The molecule has 2 N–H and O–H groups in total. The first-order valence-electron chi connectivity index (χ1n) is 9.60. The first-order valence-corrected chi connectivity index (χ1v) is 9.60. The number of nitrogens with zero attached hydrogens (tertiary/aromatic N) is 3. The number of nitrogens with one attached hydrogen (secondary N) is 2. The van der Waals surface area contributed by atoms with Crippen LogP contribution in [-0.2, 0) is 6.54 Å². The molecule has 2 aromatic rings. The lowest BCUT2D eigenvalue weighted by atomic mass is 10.1. The number of aromatic nitrogens is 1. The number of amides is 3. The van der Waals surface area contributed by atoms with E-state index in [0.29, 0.717) is 25.2 Å². The minimum Gasteiger partial charge on any atom is -0.368 e. The first-order chi connectivity index (χ1) is 13.5.